The molecule has 0 bridgehead atoms. The molecule has 0 fully saturated rings. The highest BCUT2D eigenvalue weighted by atomic mass is 35.5. The first-order valence-corrected chi connectivity index (χ1v) is 5.85. The number of aryl methyl sites for hydroxylation is 1. The van der Waals surface area contributed by atoms with Gasteiger partial charge in [0.05, 0.1) is 5.69 Å². The molecule has 1 aliphatic heterocycles. The van der Waals surface area contributed by atoms with Gasteiger partial charge in [0.2, 0.25) is 0 Å². The highest BCUT2D eigenvalue weighted by molar-refractivity contribution is 5.86. The molecule has 19 heavy (non-hydrogen) atoms. The summed E-state index contributed by atoms with van der Waals surface area (Å²) in [5.74, 6) is 0. The third kappa shape index (κ3) is 6.11. The van der Waals surface area contributed by atoms with E-state index >= 15 is 0 Å². The highest BCUT2D eigenvalue weighted by Gasteiger charge is 2.12. The Morgan fingerprint density at radius 2 is 2.00 bits per heavy atom. The second-order valence-electron chi connectivity index (χ2n) is 4.23. The fourth-order valence-corrected chi connectivity index (χ4v) is 2.05. The Kier molecular flexibility index (Phi) is 11.6. The van der Waals surface area contributed by atoms with Crippen molar-refractivity contribution in [1.82, 2.24) is 9.88 Å². The molecule has 3 nitrogen and oxygen atoms in total. The van der Waals surface area contributed by atoms with Gasteiger partial charge in [-0.05, 0) is 31.1 Å². The van der Waals surface area contributed by atoms with Crippen molar-refractivity contribution in [3.05, 3.63) is 35.7 Å². The smallest absolute Gasteiger partial charge is 0.0662 e. The number of rotatable bonds is 3. The first-order valence-electron chi connectivity index (χ1n) is 5.85. The average molecular weight is 327 g/mol. The van der Waals surface area contributed by atoms with Crippen LogP contribution in [-0.2, 0) is 0 Å². The summed E-state index contributed by atoms with van der Waals surface area (Å²) in [5.41, 5.74) is 9.14. The Balaban J connectivity index is 0. The molecule has 0 atom stereocenters. The molecule has 1 aromatic heterocycles. The third-order valence-electron chi connectivity index (χ3n) is 2.96. The molecular formula is C13H22Cl3N3. The van der Waals surface area contributed by atoms with Crippen molar-refractivity contribution in [1.29, 1.82) is 0 Å². The van der Waals surface area contributed by atoms with Crippen molar-refractivity contribution < 1.29 is 0 Å². The predicted octanol–water partition coefficient (Wildman–Crippen LogP) is 2.70. The highest BCUT2D eigenvalue weighted by Crippen LogP contribution is 2.20. The second kappa shape index (κ2) is 10.5. The number of nitrogens with zero attached hydrogens (tertiary/aromatic N) is 2. The Labute approximate surface area is 133 Å². The fourth-order valence-electron chi connectivity index (χ4n) is 2.05. The number of halogens is 3. The van der Waals surface area contributed by atoms with Crippen LogP contribution in [0, 0.1) is 6.92 Å². The van der Waals surface area contributed by atoms with Crippen LogP contribution in [0.25, 0.3) is 5.57 Å². The number of hydrogen-bond acceptors (Lipinski definition) is 3. The molecule has 0 amide bonds. The number of nitrogens with two attached hydrogens (primary N) is 1. The Bertz CT molecular complexity index is 396. The van der Waals surface area contributed by atoms with Gasteiger partial charge in [-0.3, -0.25) is 9.88 Å². The zero-order valence-electron chi connectivity index (χ0n) is 11.0. The van der Waals surface area contributed by atoms with Crippen molar-refractivity contribution in [2.75, 3.05) is 26.2 Å². The van der Waals surface area contributed by atoms with Crippen LogP contribution in [0.15, 0.2) is 24.3 Å². The summed E-state index contributed by atoms with van der Waals surface area (Å²) in [7, 11) is 0. The van der Waals surface area contributed by atoms with E-state index in [2.05, 4.69) is 28.1 Å². The van der Waals surface area contributed by atoms with E-state index in [0.29, 0.717) is 0 Å². The van der Waals surface area contributed by atoms with Gasteiger partial charge in [-0.15, -0.1) is 37.2 Å². The van der Waals surface area contributed by atoms with E-state index in [1.54, 1.807) is 0 Å². The summed E-state index contributed by atoms with van der Waals surface area (Å²) < 4.78 is 0. The fraction of sp³-hybridized carbons (Fsp3) is 0.462. The first-order chi connectivity index (χ1) is 7.79. The number of hydrogen-bond donors (Lipinski definition) is 1. The lowest BCUT2D eigenvalue weighted by atomic mass is 10.0. The van der Waals surface area contributed by atoms with Gasteiger partial charge in [-0.25, -0.2) is 0 Å². The van der Waals surface area contributed by atoms with E-state index in [9.17, 15) is 0 Å². The van der Waals surface area contributed by atoms with Gasteiger partial charge in [-0.2, -0.15) is 0 Å². The maximum absolute atomic E-state index is 5.55. The van der Waals surface area contributed by atoms with E-state index in [4.69, 9.17) is 5.73 Å². The van der Waals surface area contributed by atoms with Crippen LogP contribution < -0.4 is 5.73 Å². The summed E-state index contributed by atoms with van der Waals surface area (Å²) in [6.45, 7) is 5.87. The molecule has 0 saturated carbocycles. The van der Waals surface area contributed by atoms with E-state index in [0.717, 1.165) is 44.0 Å². The largest absolute Gasteiger partial charge is 0.329 e. The molecule has 0 saturated heterocycles. The molecule has 0 aliphatic carbocycles. The molecule has 0 spiro atoms. The van der Waals surface area contributed by atoms with Crippen LogP contribution in [0.3, 0.4) is 0 Å². The first kappa shape index (κ1) is 21.0. The summed E-state index contributed by atoms with van der Waals surface area (Å²) in [5, 5.41) is 0. The van der Waals surface area contributed by atoms with Crippen molar-refractivity contribution in [2.45, 2.75) is 13.3 Å². The molecular weight excluding hydrogens is 305 g/mol. The lowest BCUT2D eigenvalue weighted by molar-refractivity contribution is 0.310. The number of pyridine rings is 1. The molecule has 2 N–H and O–H groups in total. The van der Waals surface area contributed by atoms with E-state index in [1.165, 1.54) is 5.57 Å². The van der Waals surface area contributed by atoms with Gasteiger partial charge in [0, 0.05) is 31.9 Å². The van der Waals surface area contributed by atoms with E-state index in [1.807, 2.05) is 13.0 Å². The molecule has 1 aliphatic rings. The molecule has 2 rings (SSSR count). The van der Waals surface area contributed by atoms with Crippen molar-refractivity contribution in [3.8, 4) is 0 Å². The van der Waals surface area contributed by atoms with Gasteiger partial charge >= 0.3 is 0 Å². The van der Waals surface area contributed by atoms with Gasteiger partial charge < -0.3 is 5.73 Å². The molecule has 0 unspecified atom stereocenters. The second-order valence-corrected chi connectivity index (χ2v) is 4.23. The summed E-state index contributed by atoms with van der Waals surface area (Å²) in [6, 6.07) is 6.20. The van der Waals surface area contributed by atoms with Gasteiger partial charge in [-0.1, -0.05) is 12.1 Å². The van der Waals surface area contributed by atoms with Crippen LogP contribution in [0.5, 0.6) is 0 Å². The molecule has 2 heterocycles. The van der Waals surface area contributed by atoms with Crippen molar-refractivity contribution >= 4 is 42.8 Å². The summed E-state index contributed by atoms with van der Waals surface area (Å²) in [4.78, 5) is 6.93. The SMILES string of the molecule is Cc1cccc(C2=CCN(CCN)CC2)n1.Cl.Cl.Cl. The monoisotopic (exact) mass is 325 g/mol. The average Bonchev–Trinajstić information content (AvgIpc) is 2.30. The number of aromatic nitrogens is 1. The van der Waals surface area contributed by atoms with E-state index < -0.39 is 0 Å². The zero-order chi connectivity index (χ0) is 11.4. The minimum absolute atomic E-state index is 0. The van der Waals surface area contributed by atoms with Crippen molar-refractivity contribution in [3.63, 3.8) is 0 Å². The minimum atomic E-state index is 0. The van der Waals surface area contributed by atoms with Gasteiger partial charge in [0.25, 0.3) is 0 Å². The van der Waals surface area contributed by atoms with Crippen LogP contribution in [0.1, 0.15) is 17.8 Å². The van der Waals surface area contributed by atoms with Gasteiger partial charge in [0.15, 0.2) is 0 Å². The van der Waals surface area contributed by atoms with Gasteiger partial charge in [0.1, 0.15) is 0 Å². The van der Waals surface area contributed by atoms with E-state index in [-0.39, 0.29) is 37.2 Å². The summed E-state index contributed by atoms with van der Waals surface area (Å²) in [6.07, 6.45) is 3.36. The standard InChI is InChI=1S/C13H19N3.3ClH/c1-11-3-2-4-13(15-11)12-5-8-16(9-6-12)10-7-14;;;/h2-5H,6-10,14H2,1H3;3*1H. The van der Waals surface area contributed by atoms with Crippen LogP contribution in [0.2, 0.25) is 0 Å². The lowest BCUT2D eigenvalue weighted by Gasteiger charge is -2.25. The quantitative estimate of drug-likeness (QED) is 0.928. The zero-order valence-corrected chi connectivity index (χ0v) is 13.5. The molecule has 110 valence electrons. The third-order valence-corrected chi connectivity index (χ3v) is 2.96. The topological polar surface area (TPSA) is 42.1 Å². The molecule has 6 heteroatoms. The molecule has 0 aromatic carbocycles. The Morgan fingerprint density at radius 1 is 1.26 bits per heavy atom. The Hall–Kier alpha value is -0.320. The van der Waals surface area contributed by atoms with Crippen LogP contribution in [0.4, 0.5) is 0 Å². The maximum atomic E-state index is 5.55. The normalized spacial score (nSPS) is 14.5. The molecule has 1 aromatic rings. The predicted molar refractivity (Wildman–Crippen MR) is 88.8 cm³/mol. The van der Waals surface area contributed by atoms with Crippen LogP contribution >= 0.6 is 37.2 Å². The van der Waals surface area contributed by atoms with Crippen LogP contribution in [-0.4, -0.2) is 36.1 Å². The Morgan fingerprint density at radius 3 is 2.53 bits per heavy atom. The maximum Gasteiger partial charge on any atom is 0.0662 e. The lowest BCUT2D eigenvalue weighted by Crippen LogP contribution is -2.33. The summed E-state index contributed by atoms with van der Waals surface area (Å²) >= 11 is 0. The minimum Gasteiger partial charge on any atom is -0.329 e. The van der Waals surface area contributed by atoms with Crippen molar-refractivity contribution in [2.24, 2.45) is 5.73 Å². The molecule has 0 radical (unpaired) electrons.